The van der Waals surface area contributed by atoms with Crippen LogP contribution in [0, 0.1) is 0 Å². The molecule has 1 aromatic rings. The molecule has 0 aliphatic carbocycles. The molecule has 0 saturated carbocycles. The number of ether oxygens (including phenoxy) is 1. The molecule has 1 unspecified atom stereocenters. The zero-order valence-electron chi connectivity index (χ0n) is 12.0. The highest BCUT2D eigenvalue weighted by molar-refractivity contribution is 6.29. The Morgan fingerprint density at radius 2 is 2.32 bits per heavy atom. The van der Waals surface area contributed by atoms with E-state index in [-0.39, 0.29) is 17.5 Å². The molecule has 118 valence electrons. The predicted molar refractivity (Wildman–Crippen MR) is 84.8 cm³/mol. The van der Waals surface area contributed by atoms with Gasteiger partial charge in [0.2, 0.25) is 0 Å². The van der Waals surface area contributed by atoms with Crippen molar-refractivity contribution in [3.05, 3.63) is 35.3 Å². The number of nitrogens with zero attached hydrogens (tertiary/aromatic N) is 2. The number of aromatic nitrogens is 1. The minimum Gasteiger partial charge on any atom is -0.385 e. The molecular weight excluding hydrogens is 306 g/mol. The quantitative estimate of drug-likeness (QED) is 0.322. The van der Waals surface area contributed by atoms with Crippen molar-refractivity contribution >= 4 is 29.0 Å². The highest BCUT2D eigenvalue weighted by atomic mass is 35.5. The van der Waals surface area contributed by atoms with E-state index in [1.165, 1.54) is 12.4 Å². The third-order valence-corrected chi connectivity index (χ3v) is 3.35. The van der Waals surface area contributed by atoms with Gasteiger partial charge >= 0.3 is 0 Å². The van der Waals surface area contributed by atoms with Crippen LogP contribution in [0.4, 0.5) is 5.69 Å². The zero-order chi connectivity index (χ0) is 15.9. The maximum atomic E-state index is 11.5. The summed E-state index contributed by atoms with van der Waals surface area (Å²) in [6.45, 7) is 1.35. The number of amidine groups is 1. The van der Waals surface area contributed by atoms with Crippen molar-refractivity contribution in [1.82, 2.24) is 10.3 Å². The lowest BCUT2D eigenvalue weighted by atomic mass is 10.1. The normalized spacial score (nSPS) is 19.8. The van der Waals surface area contributed by atoms with E-state index in [4.69, 9.17) is 27.8 Å². The summed E-state index contributed by atoms with van der Waals surface area (Å²) >= 11 is 5.70. The van der Waals surface area contributed by atoms with Gasteiger partial charge in [0.25, 0.3) is 5.91 Å². The molecule has 1 aromatic heterocycles. The molecule has 2 heterocycles. The average molecular weight is 324 g/mol. The SMILES string of the molecule is NC(=O)/C(=C/NC1CCCOC1)C(N)=Nc1ccc(Cl)nc1. The van der Waals surface area contributed by atoms with E-state index >= 15 is 0 Å². The lowest BCUT2D eigenvalue weighted by Gasteiger charge is -2.22. The number of halogens is 1. The van der Waals surface area contributed by atoms with Crippen LogP contribution in [0.1, 0.15) is 12.8 Å². The Labute approximate surface area is 133 Å². The first-order chi connectivity index (χ1) is 10.6. The van der Waals surface area contributed by atoms with Crippen LogP contribution in [-0.4, -0.2) is 36.0 Å². The minimum atomic E-state index is -0.660. The number of rotatable bonds is 5. The largest absolute Gasteiger partial charge is 0.385 e. The van der Waals surface area contributed by atoms with Crippen molar-refractivity contribution in [1.29, 1.82) is 0 Å². The number of nitrogens with two attached hydrogens (primary N) is 2. The van der Waals surface area contributed by atoms with Gasteiger partial charge in [0.05, 0.1) is 24.1 Å². The Morgan fingerprint density at radius 3 is 2.91 bits per heavy atom. The Balaban J connectivity index is 2.11. The van der Waals surface area contributed by atoms with E-state index in [9.17, 15) is 4.79 Å². The van der Waals surface area contributed by atoms with Gasteiger partial charge in [0, 0.05) is 18.8 Å². The molecule has 0 spiro atoms. The van der Waals surface area contributed by atoms with Gasteiger partial charge in [0.1, 0.15) is 11.0 Å². The van der Waals surface area contributed by atoms with Crippen LogP contribution in [0.25, 0.3) is 0 Å². The average Bonchev–Trinajstić information content (AvgIpc) is 2.50. The third kappa shape index (κ3) is 4.71. The molecule has 7 nitrogen and oxygen atoms in total. The first kappa shape index (κ1) is 16.3. The molecule has 2 rings (SSSR count). The van der Waals surface area contributed by atoms with Crippen molar-refractivity contribution in [2.75, 3.05) is 13.2 Å². The summed E-state index contributed by atoms with van der Waals surface area (Å²) in [5.74, 6) is -0.645. The summed E-state index contributed by atoms with van der Waals surface area (Å²) in [6.07, 6.45) is 4.87. The van der Waals surface area contributed by atoms with Crippen LogP contribution in [0.5, 0.6) is 0 Å². The topological polar surface area (TPSA) is 116 Å². The lowest BCUT2D eigenvalue weighted by molar-refractivity contribution is -0.114. The van der Waals surface area contributed by atoms with E-state index < -0.39 is 5.91 Å². The Morgan fingerprint density at radius 1 is 1.50 bits per heavy atom. The van der Waals surface area contributed by atoms with Crippen molar-refractivity contribution < 1.29 is 9.53 Å². The standard InChI is InChI=1S/C14H18ClN5O2/c15-12-4-3-9(6-19-12)20-13(16)11(14(17)21)7-18-10-2-1-5-22-8-10/h3-4,6-7,10,18H,1-2,5,8H2,(H2,16,20)(H2,17,21)/b11-7+. The Kier molecular flexibility index (Phi) is 5.74. The van der Waals surface area contributed by atoms with Crippen LogP contribution in [0.2, 0.25) is 5.15 Å². The van der Waals surface area contributed by atoms with Crippen LogP contribution in [-0.2, 0) is 9.53 Å². The second-order valence-electron chi connectivity index (χ2n) is 4.84. The molecule has 22 heavy (non-hydrogen) atoms. The van der Waals surface area contributed by atoms with Gasteiger partial charge in [-0.1, -0.05) is 11.6 Å². The molecule has 1 fully saturated rings. The molecule has 1 atom stereocenters. The molecule has 0 bridgehead atoms. The predicted octanol–water partition coefficient (Wildman–Crippen LogP) is 0.862. The number of primary amides is 1. The minimum absolute atomic E-state index is 0.0147. The first-order valence-electron chi connectivity index (χ1n) is 6.86. The van der Waals surface area contributed by atoms with Gasteiger partial charge in [-0.3, -0.25) is 4.79 Å². The van der Waals surface area contributed by atoms with E-state index in [1.54, 1.807) is 12.1 Å². The van der Waals surface area contributed by atoms with Crippen LogP contribution >= 0.6 is 11.6 Å². The molecule has 0 aromatic carbocycles. The highest BCUT2D eigenvalue weighted by Crippen LogP contribution is 2.14. The monoisotopic (exact) mass is 323 g/mol. The van der Waals surface area contributed by atoms with Crippen LogP contribution < -0.4 is 16.8 Å². The first-order valence-corrected chi connectivity index (χ1v) is 7.24. The highest BCUT2D eigenvalue weighted by Gasteiger charge is 2.15. The number of hydrogen-bond donors (Lipinski definition) is 3. The molecule has 1 amide bonds. The number of carbonyl (C=O) groups is 1. The fraction of sp³-hybridized carbons (Fsp3) is 0.357. The van der Waals surface area contributed by atoms with E-state index in [0.29, 0.717) is 17.4 Å². The number of nitrogens with one attached hydrogen (secondary N) is 1. The van der Waals surface area contributed by atoms with E-state index in [1.807, 2.05) is 0 Å². The van der Waals surface area contributed by atoms with Crippen molar-refractivity contribution in [2.24, 2.45) is 16.5 Å². The third-order valence-electron chi connectivity index (χ3n) is 3.13. The molecule has 0 radical (unpaired) electrons. The van der Waals surface area contributed by atoms with E-state index in [0.717, 1.165) is 19.4 Å². The lowest BCUT2D eigenvalue weighted by Crippen LogP contribution is -2.36. The van der Waals surface area contributed by atoms with Gasteiger partial charge in [-0.25, -0.2) is 9.98 Å². The number of hydrogen-bond acceptors (Lipinski definition) is 5. The number of aliphatic imine (C=N–C) groups is 1. The molecular formula is C14H18ClN5O2. The van der Waals surface area contributed by atoms with Gasteiger partial charge in [-0.05, 0) is 25.0 Å². The maximum Gasteiger partial charge on any atom is 0.253 e. The van der Waals surface area contributed by atoms with Gasteiger partial charge < -0.3 is 21.5 Å². The van der Waals surface area contributed by atoms with Gasteiger partial charge in [-0.2, -0.15) is 0 Å². The molecule has 1 aliphatic heterocycles. The summed E-state index contributed by atoms with van der Waals surface area (Å²) in [5, 5.41) is 3.44. The summed E-state index contributed by atoms with van der Waals surface area (Å²) in [5.41, 5.74) is 11.8. The Bertz CT molecular complexity index is 579. The van der Waals surface area contributed by atoms with E-state index in [2.05, 4.69) is 15.3 Å². The fourth-order valence-corrected chi connectivity index (χ4v) is 2.09. The zero-order valence-corrected chi connectivity index (χ0v) is 12.7. The second kappa shape index (κ2) is 7.77. The van der Waals surface area contributed by atoms with Crippen LogP contribution in [0.15, 0.2) is 35.1 Å². The van der Waals surface area contributed by atoms with Crippen molar-refractivity contribution in [3.63, 3.8) is 0 Å². The number of carbonyl (C=O) groups excluding carboxylic acids is 1. The Hall–Kier alpha value is -2.12. The van der Waals surface area contributed by atoms with Crippen LogP contribution in [0.3, 0.4) is 0 Å². The molecule has 1 aliphatic rings. The summed E-state index contributed by atoms with van der Waals surface area (Å²) in [7, 11) is 0. The van der Waals surface area contributed by atoms with Crippen molar-refractivity contribution in [3.8, 4) is 0 Å². The van der Waals surface area contributed by atoms with Gasteiger partial charge in [-0.15, -0.1) is 0 Å². The molecule has 8 heteroatoms. The molecule has 5 N–H and O–H groups in total. The summed E-state index contributed by atoms with van der Waals surface area (Å²) in [6, 6.07) is 3.36. The van der Waals surface area contributed by atoms with Crippen molar-refractivity contribution in [2.45, 2.75) is 18.9 Å². The smallest absolute Gasteiger partial charge is 0.253 e. The fourth-order valence-electron chi connectivity index (χ4n) is 1.98. The van der Waals surface area contributed by atoms with Gasteiger partial charge in [0.15, 0.2) is 0 Å². The molecule has 1 saturated heterocycles. The number of pyridine rings is 1. The summed E-state index contributed by atoms with van der Waals surface area (Å²) in [4.78, 5) is 19.6. The second-order valence-corrected chi connectivity index (χ2v) is 5.23. The number of amides is 1. The summed E-state index contributed by atoms with van der Waals surface area (Å²) < 4.78 is 5.35. The maximum absolute atomic E-state index is 11.5.